The molecule has 136 valence electrons. The van der Waals surface area contributed by atoms with Gasteiger partial charge in [0, 0.05) is 25.7 Å². The molecule has 1 fully saturated rings. The van der Waals surface area contributed by atoms with E-state index in [4.69, 9.17) is 0 Å². The second-order valence-corrected chi connectivity index (χ2v) is 6.21. The first-order valence-electron chi connectivity index (χ1n) is 8.72. The van der Waals surface area contributed by atoms with Crippen molar-refractivity contribution >= 4 is 17.6 Å². The molecule has 1 aliphatic heterocycles. The Kier molecular flexibility index (Phi) is 4.61. The average Bonchev–Trinajstić information content (AvgIpc) is 3.36. The number of amides is 2. The van der Waals surface area contributed by atoms with Crippen molar-refractivity contribution in [1.29, 1.82) is 0 Å². The number of rotatable bonds is 5. The highest BCUT2D eigenvalue weighted by atomic mass is 16.2. The van der Waals surface area contributed by atoms with Crippen LogP contribution in [0.25, 0.3) is 5.69 Å². The van der Waals surface area contributed by atoms with Gasteiger partial charge in [0.1, 0.15) is 5.82 Å². The molecule has 0 spiro atoms. The van der Waals surface area contributed by atoms with Crippen LogP contribution in [0.2, 0.25) is 0 Å². The topological polar surface area (TPSA) is 93.0 Å². The third kappa shape index (κ3) is 3.69. The molecular weight excluding hydrogens is 344 g/mol. The summed E-state index contributed by atoms with van der Waals surface area (Å²) in [4.78, 5) is 31.6. The van der Waals surface area contributed by atoms with Crippen LogP contribution in [0.5, 0.6) is 0 Å². The lowest BCUT2D eigenvalue weighted by atomic mass is 10.2. The van der Waals surface area contributed by atoms with E-state index >= 15 is 0 Å². The lowest BCUT2D eigenvalue weighted by Gasteiger charge is -2.15. The maximum atomic E-state index is 12.3. The number of benzene rings is 1. The van der Waals surface area contributed by atoms with Crippen molar-refractivity contribution in [3.05, 3.63) is 66.1 Å². The molecule has 1 aromatic carbocycles. The summed E-state index contributed by atoms with van der Waals surface area (Å²) >= 11 is 0. The number of pyridine rings is 1. The zero-order chi connectivity index (χ0) is 18.6. The summed E-state index contributed by atoms with van der Waals surface area (Å²) < 4.78 is 0. The molecule has 0 unspecified atom stereocenters. The van der Waals surface area contributed by atoms with Gasteiger partial charge in [-0.05, 0) is 36.2 Å². The third-order valence-corrected chi connectivity index (χ3v) is 4.32. The molecule has 8 heteroatoms. The van der Waals surface area contributed by atoms with Crippen molar-refractivity contribution in [2.75, 3.05) is 11.4 Å². The van der Waals surface area contributed by atoms with Crippen molar-refractivity contribution in [2.45, 2.75) is 19.4 Å². The molecule has 2 amide bonds. The highest BCUT2D eigenvalue weighted by Crippen LogP contribution is 2.19. The molecule has 0 radical (unpaired) electrons. The minimum atomic E-state index is -0.312. The van der Waals surface area contributed by atoms with E-state index in [1.807, 2.05) is 42.5 Å². The van der Waals surface area contributed by atoms with E-state index in [0.29, 0.717) is 25.3 Å². The Balaban J connectivity index is 1.41. The van der Waals surface area contributed by atoms with Gasteiger partial charge >= 0.3 is 0 Å². The number of nitrogens with zero attached hydrogens (tertiary/aromatic N) is 5. The van der Waals surface area contributed by atoms with Crippen molar-refractivity contribution in [2.24, 2.45) is 0 Å². The molecule has 0 atom stereocenters. The fourth-order valence-electron chi connectivity index (χ4n) is 2.93. The Bertz CT molecular complexity index is 969. The number of para-hydroxylation sites is 1. The van der Waals surface area contributed by atoms with Crippen molar-refractivity contribution in [3.8, 4) is 5.69 Å². The van der Waals surface area contributed by atoms with Gasteiger partial charge in [0.25, 0.3) is 5.91 Å². The average molecular weight is 362 g/mol. The van der Waals surface area contributed by atoms with Gasteiger partial charge < -0.3 is 5.32 Å². The van der Waals surface area contributed by atoms with Crippen LogP contribution in [0.4, 0.5) is 5.82 Å². The number of hydrogen-bond donors (Lipinski definition) is 1. The molecule has 27 heavy (non-hydrogen) atoms. The quantitative estimate of drug-likeness (QED) is 0.746. The minimum absolute atomic E-state index is 0.0845. The van der Waals surface area contributed by atoms with Gasteiger partial charge in [-0.15, -0.1) is 5.10 Å². The molecule has 1 aliphatic rings. The number of anilines is 1. The molecule has 0 saturated carbocycles. The van der Waals surface area contributed by atoms with Crippen LogP contribution in [-0.2, 0) is 11.3 Å². The van der Waals surface area contributed by atoms with Crippen LogP contribution in [0.3, 0.4) is 0 Å². The fraction of sp³-hybridized carbons (Fsp3) is 0.211. The number of aromatic nitrogens is 4. The Hall–Kier alpha value is -3.55. The zero-order valence-electron chi connectivity index (χ0n) is 14.6. The first-order chi connectivity index (χ1) is 13.2. The van der Waals surface area contributed by atoms with E-state index in [0.717, 1.165) is 17.7 Å². The van der Waals surface area contributed by atoms with Crippen molar-refractivity contribution in [3.63, 3.8) is 0 Å². The first-order valence-corrected chi connectivity index (χ1v) is 8.72. The van der Waals surface area contributed by atoms with E-state index < -0.39 is 0 Å². The van der Waals surface area contributed by atoms with E-state index in [-0.39, 0.29) is 17.5 Å². The van der Waals surface area contributed by atoms with E-state index in [2.05, 4.69) is 20.5 Å². The van der Waals surface area contributed by atoms with Gasteiger partial charge in [-0.1, -0.05) is 18.2 Å². The van der Waals surface area contributed by atoms with Crippen LogP contribution < -0.4 is 10.2 Å². The van der Waals surface area contributed by atoms with Gasteiger partial charge in [-0.3, -0.25) is 14.5 Å². The molecular formula is C19H18N6O2. The second-order valence-electron chi connectivity index (χ2n) is 6.21. The van der Waals surface area contributed by atoms with E-state index in [9.17, 15) is 9.59 Å². The van der Waals surface area contributed by atoms with E-state index in [1.54, 1.807) is 11.1 Å². The number of carbonyl (C=O) groups excluding carboxylic acids is 2. The lowest BCUT2D eigenvalue weighted by molar-refractivity contribution is -0.117. The number of hydrogen-bond acceptors (Lipinski definition) is 5. The van der Waals surface area contributed by atoms with Crippen LogP contribution in [-0.4, -0.2) is 38.3 Å². The molecule has 4 rings (SSSR count). The molecule has 8 nitrogen and oxygen atoms in total. The fourth-order valence-corrected chi connectivity index (χ4v) is 2.93. The summed E-state index contributed by atoms with van der Waals surface area (Å²) in [5, 5.41) is 11.2. The maximum Gasteiger partial charge on any atom is 0.273 e. The van der Waals surface area contributed by atoms with E-state index in [1.165, 1.54) is 11.0 Å². The summed E-state index contributed by atoms with van der Waals surface area (Å²) in [7, 11) is 0. The van der Waals surface area contributed by atoms with Gasteiger partial charge in [0.05, 0.1) is 11.9 Å². The summed E-state index contributed by atoms with van der Waals surface area (Å²) in [5.74, 6) is 0.397. The Morgan fingerprint density at radius 2 is 2.04 bits per heavy atom. The minimum Gasteiger partial charge on any atom is -0.347 e. The maximum absolute atomic E-state index is 12.3. The monoisotopic (exact) mass is 362 g/mol. The predicted octanol–water partition coefficient (Wildman–Crippen LogP) is 1.72. The number of carbonyl (C=O) groups is 2. The predicted molar refractivity (Wildman–Crippen MR) is 98.4 cm³/mol. The molecule has 1 saturated heterocycles. The third-order valence-electron chi connectivity index (χ3n) is 4.32. The Morgan fingerprint density at radius 3 is 2.81 bits per heavy atom. The lowest BCUT2D eigenvalue weighted by Crippen LogP contribution is -2.26. The Labute approximate surface area is 155 Å². The summed E-state index contributed by atoms with van der Waals surface area (Å²) in [6, 6.07) is 13.0. The second kappa shape index (κ2) is 7.36. The van der Waals surface area contributed by atoms with Crippen LogP contribution in [0, 0.1) is 0 Å². The first kappa shape index (κ1) is 16.9. The van der Waals surface area contributed by atoms with Crippen LogP contribution in [0.15, 0.2) is 54.9 Å². The van der Waals surface area contributed by atoms with Crippen molar-refractivity contribution < 1.29 is 9.59 Å². The van der Waals surface area contributed by atoms with Crippen molar-refractivity contribution in [1.82, 2.24) is 25.3 Å². The zero-order valence-corrected chi connectivity index (χ0v) is 14.6. The van der Waals surface area contributed by atoms with Crippen LogP contribution >= 0.6 is 0 Å². The molecule has 1 N–H and O–H groups in total. The molecule has 3 aromatic rings. The Morgan fingerprint density at radius 1 is 1.19 bits per heavy atom. The van der Waals surface area contributed by atoms with Gasteiger partial charge in [-0.25, -0.2) is 4.98 Å². The number of nitrogens with one attached hydrogen (secondary N) is 1. The summed E-state index contributed by atoms with van der Waals surface area (Å²) in [6.45, 7) is 0.999. The van der Waals surface area contributed by atoms with Crippen LogP contribution in [0.1, 0.15) is 28.9 Å². The van der Waals surface area contributed by atoms with Gasteiger partial charge in [0.15, 0.2) is 5.69 Å². The molecule has 3 heterocycles. The summed E-state index contributed by atoms with van der Waals surface area (Å²) in [6.07, 6.45) is 4.48. The largest absolute Gasteiger partial charge is 0.347 e. The standard InChI is InChI=1S/C19H18N6O2/c26-18-7-4-10-24(18)17-11-14(8-9-20-17)12-21-19(27)16-13-22-25(23-16)15-5-2-1-3-6-15/h1-3,5-6,8-9,11,13H,4,7,10,12H2,(H,21,27). The highest BCUT2D eigenvalue weighted by molar-refractivity contribution is 5.94. The highest BCUT2D eigenvalue weighted by Gasteiger charge is 2.22. The smallest absolute Gasteiger partial charge is 0.273 e. The SMILES string of the molecule is O=C(NCc1ccnc(N2CCCC2=O)c1)c1cnn(-c2ccccc2)n1. The molecule has 0 bridgehead atoms. The molecule has 0 aliphatic carbocycles. The normalized spacial score (nSPS) is 13.8. The van der Waals surface area contributed by atoms with Gasteiger partial charge in [-0.2, -0.15) is 9.90 Å². The summed E-state index contributed by atoms with van der Waals surface area (Å²) in [5.41, 5.74) is 1.89. The molecule has 2 aromatic heterocycles. The van der Waals surface area contributed by atoms with Gasteiger partial charge in [0.2, 0.25) is 5.91 Å².